The molecule has 0 aliphatic carbocycles. The van der Waals surface area contributed by atoms with Gasteiger partial charge in [-0.2, -0.15) is 26.3 Å². The van der Waals surface area contributed by atoms with Crippen LogP contribution in [0.4, 0.5) is 26.3 Å². The number of methoxy groups -OCH3 is 1. The lowest BCUT2D eigenvalue weighted by atomic mass is 10.1. The maximum absolute atomic E-state index is 12.0. The second-order valence-corrected chi connectivity index (χ2v) is 6.09. The minimum Gasteiger partial charge on any atom is -0.467 e. The van der Waals surface area contributed by atoms with Crippen LogP contribution >= 0.6 is 0 Å². The number of aliphatic hydroxyl groups excluding tert-OH is 5. The quantitative estimate of drug-likeness (QED) is 0.152. The van der Waals surface area contributed by atoms with Crippen LogP contribution in [0.2, 0.25) is 0 Å². The number of rotatable bonds is 7. The highest BCUT2D eigenvalue weighted by atomic mass is 19.4. The zero-order valence-electron chi connectivity index (χ0n) is 17.0. The van der Waals surface area contributed by atoms with Crippen molar-refractivity contribution in [1.29, 1.82) is 0 Å². The maximum atomic E-state index is 12.0. The van der Waals surface area contributed by atoms with Crippen LogP contribution in [0.5, 0.6) is 0 Å². The Morgan fingerprint density at radius 1 is 0.750 bits per heavy atom. The first-order chi connectivity index (χ1) is 14.2. The molecule has 3 unspecified atom stereocenters. The van der Waals surface area contributed by atoms with Gasteiger partial charge in [-0.05, 0) is 13.8 Å². The molecule has 7 N–H and O–H groups in total. The lowest BCUT2D eigenvalue weighted by Crippen LogP contribution is -2.50. The van der Waals surface area contributed by atoms with Gasteiger partial charge in [0.2, 0.25) is 0 Å². The minimum absolute atomic E-state index is 0.237. The summed E-state index contributed by atoms with van der Waals surface area (Å²) in [5, 5.41) is 58.3. The van der Waals surface area contributed by atoms with E-state index >= 15 is 0 Å². The highest BCUT2D eigenvalue weighted by Gasteiger charge is 2.57. The SMILES string of the molecule is CC(O)(C(=O)OCC(O)CO)C(F)(F)F.COC(=O)C(C)(O)C(F)(F)F.OCC(O)CO. The van der Waals surface area contributed by atoms with Crippen LogP contribution in [0, 0.1) is 0 Å². The summed E-state index contributed by atoms with van der Waals surface area (Å²) >= 11 is 0. The van der Waals surface area contributed by atoms with Crippen LogP contribution in [0.15, 0.2) is 0 Å². The van der Waals surface area contributed by atoms with Gasteiger partial charge in [0, 0.05) is 0 Å². The molecule has 0 radical (unpaired) electrons. The number of ether oxygens (including phenoxy) is 2. The fourth-order valence-corrected chi connectivity index (χ4v) is 0.853. The van der Waals surface area contributed by atoms with Crippen molar-refractivity contribution in [2.45, 2.75) is 49.6 Å². The van der Waals surface area contributed by atoms with Gasteiger partial charge >= 0.3 is 24.3 Å². The highest BCUT2D eigenvalue weighted by Crippen LogP contribution is 2.31. The van der Waals surface area contributed by atoms with E-state index in [4.69, 9.17) is 35.7 Å². The summed E-state index contributed by atoms with van der Waals surface area (Å²) in [6, 6.07) is 0. The van der Waals surface area contributed by atoms with E-state index in [0.717, 1.165) is 7.11 Å². The van der Waals surface area contributed by atoms with E-state index in [1.165, 1.54) is 0 Å². The Morgan fingerprint density at radius 3 is 1.25 bits per heavy atom. The molecule has 17 heteroatoms. The number of carbonyl (C=O) groups is 2. The number of esters is 2. The Kier molecular flexibility index (Phi) is 15.7. The molecule has 0 spiro atoms. The van der Waals surface area contributed by atoms with Gasteiger partial charge in [0.05, 0.1) is 26.9 Å². The molecular weight excluding hydrogens is 470 g/mol. The smallest absolute Gasteiger partial charge is 0.427 e. The number of hydrogen-bond donors (Lipinski definition) is 7. The van der Waals surface area contributed by atoms with Crippen LogP contribution in [0.25, 0.3) is 0 Å². The molecule has 0 saturated heterocycles. The second-order valence-electron chi connectivity index (χ2n) is 6.09. The van der Waals surface area contributed by atoms with Crippen LogP contribution in [-0.4, -0.2) is 117 Å². The third kappa shape index (κ3) is 12.3. The van der Waals surface area contributed by atoms with Gasteiger partial charge in [-0.3, -0.25) is 0 Å². The number of halogens is 6. The predicted molar refractivity (Wildman–Crippen MR) is 89.6 cm³/mol. The van der Waals surface area contributed by atoms with E-state index in [1.807, 2.05) is 0 Å². The van der Waals surface area contributed by atoms with Crippen molar-refractivity contribution in [2.24, 2.45) is 0 Å². The molecule has 0 saturated carbocycles. The topological polar surface area (TPSA) is 194 Å². The van der Waals surface area contributed by atoms with Gasteiger partial charge in [-0.25, -0.2) is 9.59 Å². The van der Waals surface area contributed by atoms with Crippen molar-refractivity contribution in [3.8, 4) is 0 Å². The van der Waals surface area contributed by atoms with E-state index in [-0.39, 0.29) is 20.1 Å². The summed E-state index contributed by atoms with van der Waals surface area (Å²) in [6.07, 6.45) is -12.6. The Labute approximate surface area is 177 Å². The third-order valence-corrected chi connectivity index (χ3v) is 3.12. The van der Waals surface area contributed by atoms with Crippen molar-refractivity contribution in [3.63, 3.8) is 0 Å². The first-order valence-electron chi connectivity index (χ1n) is 8.19. The minimum atomic E-state index is -5.16. The second kappa shape index (κ2) is 14.4. The molecule has 194 valence electrons. The van der Waals surface area contributed by atoms with Crippen molar-refractivity contribution in [1.82, 2.24) is 0 Å². The van der Waals surface area contributed by atoms with E-state index in [1.54, 1.807) is 0 Å². The van der Waals surface area contributed by atoms with Crippen molar-refractivity contribution in [2.75, 3.05) is 33.5 Å². The number of carbonyl (C=O) groups excluding carboxylic acids is 2. The van der Waals surface area contributed by atoms with Gasteiger partial charge in [0.1, 0.15) is 18.8 Å². The Morgan fingerprint density at radius 2 is 1.06 bits per heavy atom. The monoisotopic (exact) mass is 496 g/mol. The average molecular weight is 496 g/mol. The molecule has 0 aliphatic heterocycles. The van der Waals surface area contributed by atoms with Crippen LogP contribution in [0.3, 0.4) is 0 Å². The molecule has 0 amide bonds. The van der Waals surface area contributed by atoms with E-state index in [2.05, 4.69) is 9.47 Å². The molecule has 0 heterocycles. The molecule has 0 rings (SSSR count). The Balaban J connectivity index is -0.000000433. The fourth-order valence-electron chi connectivity index (χ4n) is 0.853. The number of hydrogen-bond acceptors (Lipinski definition) is 11. The molecular formula is C15H26F6O11. The Bertz CT molecular complexity index is 545. The number of alkyl halides is 6. The maximum Gasteiger partial charge on any atom is 0.427 e. The molecule has 11 nitrogen and oxygen atoms in total. The standard InChI is InChI=1S/C7H11F3O5.C5H7F3O3.C3H8O3/c1-6(14,7(8,9)10)5(13)15-3-4(12)2-11;1-4(10,3(9)11-2)5(6,7)8;4-1-3(6)2-5/h4,11-12,14H,2-3H2,1H3;10H,1-2H3;3-6H,1-2H2. The molecule has 0 aromatic heterocycles. The van der Waals surface area contributed by atoms with Crippen molar-refractivity contribution < 1.29 is 81.2 Å². The molecule has 0 bridgehead atoms. The summed E-state index contributed by atoms with van der Waals surface area (Å²) in [5.41, 5.74) is -7.04. The lowest BCUT2D eigenvalue weighted by Gasteiger charge is -2.24. The summed E-state index contributed by atoms with van der Waals surface area (Å²) in [6.45, 7) is -1.74. The lowest BCUT2D eigenvalue weighted by molar-refractivity contribution is -0.257. The zero-order chi connectivity index (χ0) is 26.6. The van der Waals surface area contributed by atoms with Gasteiger partial charge < -0.3 is 45.2 Å². The molecule has 0 aromatic rings. The van der Waals surface area contributed by atoms with E-state index in [0.29, 0.717) is 6.92 Å². The molecule has 0 aliphatic rings. The summed E-state index contributed by atoms with van der Waals surface area (Å²) in [5.74, 6) is -3.65. The largest absolute Gasteiger partial charge is 0.467 e. The Hall–Kier alpha value is -1.76. The zero-order valence-corrected chi connectivity index (χ0v) is 17.0. The first-order valence-corrected chi connectivity index (χ1v) is 8.19. The average Bonchev–Trinajstić information content (AvgIpc) is 2.69. The summed E-state index contributed by atoms with van der Waals surface area (Å²) < 4.78 is 78.9. The predicted octanol–water partition coefficient (Wildman–Crippen LogP) is -2.00. The molecule has 0 aromatic carbocycles. The van der Waals surface area contributed by atoms with Gasteiger partial charge in [-0.15, -0.1) is 0 Å². The van der Waals surface area contributed by atoms with Crippen LogP contribution < -0.4 is 0 Å². The first kappa shape index (κ1) is 34.8. The van der Waals surface area contributed by atoms with Crippen molar-refractivity contribution >= 4 is 11.9 Å². The van der Waals surface area contributed by atoms with E-state index < -0.39 is 60.9 Å². The number of aliphatic hydroxyl groups is 7. The third-order valence-electron chi connectivity index (χ3n) is 3.12. The summed E-state index contributed by atoms with van der Waals surface area (Å²) in [4.78, 5) is 21.0. The normalized spacial score (nSPS) is 16.3. The van der Waals surface area contributed by atoms with Gasteiger partial charge in [-0.1, -0.05) is 0 Å². The van der Waals surface area contributed by atoms with Gasteiger partial charge in [0.15, 0.2) is 0 Å². The summed E-state index contributed by atoms with van der Waals surface area (Å²) in [7, 11) is 0.766. The fraction of sp³-hybridized carbons (Fsp3) is 0.867. The van der Waals surface area contributed by atoms with Crippen LogP contribution in [-0.2, 0) is 19.1 Å². The highest BCUT2D eigenvalue weighted by molar-refractivity contribution is 5.80. The van der Waals surface area contributed by atoms with Gasteiger partial charge in [0.25, 0.3) is 11.2 Å². The molecule has 32 heavy (non-hydrogen) atoms. The molecule has 3 atom stereocenters. The van der Waals surface area contributed by atoms with Crippen molar-refractivity contribution in [3.05, 3.63) is 0 Å². The molecule has 0 fully saturated rings. The van der Waals surface area contributed by atoms with E-state index in [9.17, 15) is 35.9 Å². The van der Waals surface area contributed by atoms with Crippen LogP contribution in [0.1, 0.15) is 13.8 Å².